The summed E-state index contributed by atoms with van der Waals surface area (Å²) >= 11 is 0. The van der Waals surface area contributed by atoms with Crippen molar-refractivity contribution in [2.45, 2.75) is 20.8 Å². The highest BCUT2D eigenvalue weighted by molar-refractivity contribution is 5.95. The lowest BCUT2D eigenvalue weighted by molar-refractivity contribution is 0.0949. The van der Waals surface area contributed by atoms with Gasteiger partial charge >= 0.3 is 0 Å². The Balaban J connectivity index is 2.74. The van der Waals surface area contributed by atoms with Crippen molar-refractivity contribution in [3.8, 4) is 6.07 Å². The minimum atomic E-state index is -0.211. The lowest BCUT2D eigenvalue weighted by Crippen LogP contribution is -2.28. The molecule has 5 heteroatoms. The Labute approximate surface area is 94.5 Å². The van der Waals surface area contributed by atoms with E-state index in [1.165, 1.54) is 0 Å². The normalized spacial score (nSPS) is 11.6. The molecule has 1 atom stereocenters. The van der Waals surface area contributed by atoms with Crippen molar-refractivity contribution in [1.82, 2.24) is 15.5 Å². The Bertz CT molecular complexity index is 436. The molecule has 0 spiro atoms. The Morgan fingerprint density at radius 1 is 1.56 bits per heavy atom. The van der Waals surface area contributed by atoms with E-state index in [1.54, 1.807) is 26.8 Å². The van der Waals surface area contributed by atoms with Crippen LogP contribution >= 0.6 is 0 Å². The fourth-order valence-corrected chi connectivity index (χ4v) is 1.17. The van der Waals surface area contributed by atoms with Gasteiger partial charge in [-0.3, -0.25) is 4.79 Å². The first-order valence-corrected chi connectivity index (χ1v) is 5.03. The predicted molar refractivity (Wildman–Crippen MR) is 58.6 cm³/mol. The molecular weight excluding hydrogens is 204 g/mol. The average molecular weight is 218 g/mol. The van der Waals surface area contributed by atoms with Gasteiger partial charge in [-0.2, -0.15) is 15.5 Å². The SMILES string of the molecule is Cc1cc(C(=O)NCC(C)C#N)c(C)nn1. The van der Waals surface area contributed by atoms with Crippen LogP contribution in [0, 0.1) is 31.1 Å². The first-order valence-electron chi connectivity index (χ1n) is 5.03. The van der Waals surface area contributed by atoms with Gasteiger partial charge in [0.1, 0.15) is 0 Å². The lowest BCUT2D eigenvalue weighted by Gasteiger charge is -2.07. The topological polar surface area (TPSA) is 78.7 Å². The zero-order chi connectivity index (χ0) is 12.1. The van der Waals surface area contributed by atoms with Crippen molar-refractivity contribution in [1.29, 1.82) is 5.26 Å². The van der Waals surface area contributed by atoms with Crippen LogP contribution in [0.4, 0.5) is 0 Å². The monoisotopic (exact) mass is 218 g/mol. The van der Waals surface area contributed by atoms with Crippen molar-refractivity contribution >= 4 is 5.91 Å². The van der Waals surface area contributed by atoms with E-state index in [0.29, 0.717) is 23.5 Å². The number of aryl methyl sites for hydroxylation is 2. The maximum absolute atomic E-state index is 11.7. The van der Waals surface area contributed by atoms with Crippen molar-refractivity contribution < 1.29 is 4.79 Å². The quantitative estimate of drug-likeness (QED) is 0.820. The van der Waals surface area contributed by atoms with Gasteiger partial charge in [0.05, 0.1) is 28.9 Å². The van der Waals surface area contributed by atoms with Crippen LogP contribution in [0.3, 0.4) is 0 Å². The third-order valence-corrected chi connectivity index (χ3v) is 2.13. The van der Waals surface area contributed by atoms with Gasteiger partial charge in [-0.1, -0.05) is 0 Å². The van der Waals surface area contributed by atoms with Crippen molar-refractivity contribution in [2.75, 3.05) is 6.54 Å². The lowest BCUT2D eigenvalue weighted by atomic mass is 10.1. The van der Waals surface area contributed by atoms with E-state index in [1.807, 2.05) is 0 Å². The molecule has 1 rings (SSSR count). The van der Waals surface area contributed by atoms with Gasteiger partial charge in [-0.05, 0) is 26.8 Å². The van der Waals surface area contributed by atoms with Crippen LogP contribution in [0.2, 0.25) is 0 Å². The molecule has 0 saturated heterocycles. The van der Waals surface area contributed by atoms with Crippen LogP contribution in [0.5, 0.6) is 0 Å². The van der Waals surface area contributed by atoms with E-state index >= 15 is 0 Å². The summed E-state index contributed by atoms with van der Waals surface area (Å²) in [6.07, 6.45) is 0. The van der Waals surface area contributed by atoms with Crippen LogP contribution in [-0.4, -0.2) is 22.6 Å². The van der Waals surface area contributed by atoms with Crippen molar-refractivity contribution in [3.05, 3.63) is 23.0 Å². The van der Waals surface area contributed by atoms with Crippen LogP contribution in [0.1, 0.15) is 28.7 Å². The highest BCUT2D eigenvalue weighted by atomic mass is 16.1. The van der Waals surface area contributed by atoms with E-state index in [0.717, 1.165) is 0 Å². The van der Waals surface area contributed by atoms with E-state index < -0.39 is 0 Å². The molecule has 0 fully saturated rings. The summed E-state index contributed by atoms with van der Waals surface area (Å²) in [7, 11) is 0. The summed E-state index contributed by atoms with van der Waals surface area (Å²) in [5, 5.41) is 19.0. The molecular formula is C11H14N4O. The first-order chi connectivity index (χ1) is 7.54. The first kappa shape index (κ1) is 12.1. The number of hydrogen-bond acceptors (Lipinski definition) is 4. The van der Waals surface area contributed by atoms with Gasteiger partial charge in [0.15, 0.2) is 0 Å². The summed E-state index contributed by atoms with van der Waals surface area (Å²) < 4.78 is 0. The van der Waals surface area contributed by atoms with Gasteiger partial charge in [0.2, 0.25) is 0 Å². The molecule has 0 aliphatic heterocycles. The molecule has 1 aromatic rings. The smallest absolute Gasteiger partial charge is 0.253 e. The number of rotatable bonds is 3. The molecule has 0 bridgehead atoms. The molecule has 0 saturated carbocycles. The highest BCUT2D eigenvalue weighted by Crippen LogP contribution is 2.05. The second-order valence-electron chi connectivity index (χ2n) is 3.72. The summed E-state index contributed by atoms with van der Waals surface area (Å²) in [6.45, 7) is 5.61. The van der Waals surface area contributed by atoms with Crippen LogP contribution < -0.4 is 5.32 Å². The van der Waals surface area contributed by atoms with Crippen molar-refractivity contribution in [2.24, 2.45) is 5.92 Å². The largest absolute Gasteiger partial charge is 0.351 e. The maximum atomic E-state index is 11.7. The number of nitrogens with one attached hydrogen (secondary N) is 1. The number of carbonyl (C=O) groups is 1. The third kappa shape index (κ3) is 3.02. The molecule has 1 amide bonds. The van der Waals surface area contributed by atoms with E-state index in [2.05, 4.69) is 21.6 Å². The molecule has 1 heterocycles. The third-order valence-electron chi connectivity index (χ3n) is 2.13. The molecule has 5 nitrogen and oxygen atoms in total. The summed E-state index contributed by atoms with van der Waals surface area (Å²) in [4.78, 5) is 11.7. The van der Waals surface area contributed by atoms with Crippen LogP contribution in [0.25, 0.3) is 0 Å². The predicted octanol–water partition coefficient (Wildman–Crippen LogP) is 0.983. The zero-order valence-electron chi connectivity index (χ0n) is 9.61. The van der Waals surface area contributed by atoms with E-state index in [9.17, 15) is 4.79 Å². The zero-order valence-corrected chi connectivity index (χ0v) is 9.61. The second-order valence-corrected chi connectivity index (χ2v) is 3.72. The maximum Gasteiger partial charge on any atom is 0.253 e. The summed E-state index contributed by atoms with van der Waals surface area (Å²) in [5.41, 5.74) is 1.80. The van der Waals surface area contributed by atoms with E-state index in [-0.39, 0.29) is 11.8 Å². The van der Waals surface area contributed by atoms with E-state index in [4.69, 9.17) is 5.26 Å². The standard InChI is InChI=1S/C11H14N4O/c1-7(5-12)6-13-11(16)10-4-8(2)14-15-9(10)3/h4,7H,6H2,1-3H3,(H,13,16). The Hall–Kier alpha value is -1.96. The second kappa shape index (κ2) is 5.21. The summed E-state index contributed by atoms with van der Waals surface area (Å²) in [5.74, 6) is -0.405. The van der Waals surface area contributed by atoms with Gasteiger partial charge in [-0.25, -0.2) is 0 Å². The number of hydrogen-bond donors (Lipinski definition) is 1. The van der Waals surface area contributed by atoms with Crippen molar-refractivity contribution in [3.63, 3.8) is 0 Å². The molecule has 16 heavy (non-hydrogen) atoms. The number of aromatic nitrogens is 2. The minimum Gasteiger partial charge on any atom is -0.351 e. The fourth-order valence-electron chi connectivity index (χ4n) is 1.17. The summed E-state index contributed by atoms with van der Waals surface area (Å²) in [6, 6.07) is 3.74. The van der Waals surface area contributed by atoms with Gasteiger partial charge in [0.25, 0.3) is 5.91 Å². The molecule has 1 N–H and O–H groups in total. The molecule has 0 radical (unpaired) electrons. The molecule has 0 aliphatic carbocycles. The Morgan fingerprint density at radius 2 is 2.25 bits per heavy atom. The number of amides is 1. The molecule has 1 aromatic heterocycles. The molecule has 0 aliphatic rings. The van der Waals surface area contributed by atoms with Gasteiger partial charge in [-0.15, -0.1) is 0 Å². The fraction of sp³-hybridized carbons (Fsp3) is 0.455. The number of nitrogens with zero attached hydrogens (tertiary/aromatic N) is 3. The highest BCUT2D eigenvalue weighted by Gasteiger charge is 2.11. The van der Waals surface area contributed by atoms with Gasteiger partial charge in [0, 0.05) is 6.54 Å². The molecule has 0 aromatic carbocycles. The van der Waals surface area contributed by atoms with Gasteiger partial charge < -0.3 is 5.32 Å². The number of carbonyl (C=O) groups excluding carboxylic acids is 1. The Morgan fingerprint density at radius 3 is 2.88 bits per heavy atom. The molecule has 84 valence electrons. The Kier molecular flexibility index (Phi) is 3.95. The van der Waals surface area contributed by atoms with Crippen LogP contribution in [0.15, 0.2) is 6.07 Å². The minimum absolute atomic E-state index is 0.194. The number of nitriles is 1. The molecule has 1 unspecified atom stereocenters. The average Bonchev–Trinajstić information content (AvgIpc) is 2.28. The van der Waals surface area contributed by atoms with Crippen LogP contribution in [-0.2, 0) is 0 Å².